The summed E-state index contributed by atoms with van der Waals surface area (Å²) in [6.07, 6.45) is 0.921. The van der Waals surface area contributed by atoms with Crippen LogP contribution in [0.3, 0.4) is 0 Å². The van der Waals surface area contributed by atoms with E-state index < -0.39 is 0 Å². The van der Waals surface area contributed by atoms with Crippen molar-refractivity contribution in [2.24, 2.45) is 0 Å². The number of hydrogen-bond donors (Lipinski definition) is 1. The molecule has 4 rings (SSSR count). The minimum Gasteiger partial charge on any atom is -0.379 e. The van der Waals surface area contributed by atoms with Crippen LogP contribution in [0.25, 0.3) is 0 Å². The molecular weight excluding hydrogens is 446 g/mol. The molecule has 32 heavy (non-hydrogen) atoms. The summed E-state index contributed by atoms with van der Waals surface area (Å²) < 4.78 is 5.36. The third-order valence-corrected chi connectivity index (χ3v) is 7.24. The lowest BCUT2D eigenvalue weighted by atomic mass is 10.1. The molecule has 2 aliphatic heterocycles. The van der Waals surface area contributed by atoms with E-state index >= 15 is 0 Å². The maximum Gasteiger partial charge on any atom is 0.251 e. The SMILES string of the molecule is O=C(NCCCN1CCOCC1)c1ccc([C@H]2SCC(=O)N2Cc2ccc(Cl)cc2)cc1. The summed E-state index contributed by atoms with van der Waals surface area (Å²) in [7, 11) is 0. The van der Waals surface area contributed by atoms with E-state index in [9.17, 15) is 9.59 Å². The van der Waals surface area contributed by atoms with Crippen LogP contribution in [0.1, 0.15) is 33.3 Å². The number of hydrogen-bond acceptors (Lipinski definition) is 5. The smallest absolute Gasteiger partial charge is 0.251 e. The maximum absolute atomic E-state index is 12.5. The van der Waals surface area contributed by atoms with Crippen LogP contribution in [0, 0.1) is 0 Å². The van der Waals surface area contributed by atoms with Gasteiger partial charge in [-0.1, -0.05) is 35.9 Å². The van der Waals surface area contributed by atoms with E-state index in [0.29, 0.717) is 29.4 Å². The van der Waals surface area contributed by atoms with Crippen molar-refractivity contribution >= 4 is 35.2 Å². The number of nitrogens with one attached hydrogen (secondary N) is 1. The molecule has 170 valence electrons. The Morgan fingerprint density at radius 3 is 2.53 bits per heavy atom. The van der Waals surface area contributed by atoms with E-state index in [1.165, 1.54) is 0 Å². The first kappa shape index (κ1) is 23.1. The lowest BCUT2D eigenvalue weighted by molar-refractivity contribution is -0.128. The summed E-state index contributed by atoms with van der Waals surface area (Å²) in [6, 6.07) is 15.2. The van der Waals surface area contributed by atoms with E-state index in [4.69, 9.17) is 16.3 Å². The third kappa shape index (κ3) is 6.04. The monoisotopic (exact) mass is 473 g/mol. The van der Waals surface area contributed by atoms with Crippen molar-refractivity contribution in [3.8, 4) is 0 Å². The zero-order valence-electron chi connectivity index (χ0n) is 18.0. The largest absolute Gasteiger partial charge is 0.379 e. The molecule has 2 saturated heterocycles. The minimum absolute atomic E-state index is 0.0520. The van der Waals surface area contributed by atoms with Gasteiger partial charge in [-0.05, 0) is 48.4 Å². The normalized spacial score (nSPS) is 19.3. The molecule has 6 nitrogen and oxygen atoms in total. The van der Waals surface area contributed by atoms with Gasteiger partial charge in [0.25, 0.3) is 5.91 Å². The Labute approximate surface area is 198 Å². The molecule has 0 bridgehead atoms. The third-order valence-electron chi connectivity index (χ3n) is 5.73. The lowest BCUT2D eigenvalue weighted by Gasteiger charge is -2.26. The predicted octanol–water partition coefficient (Wildman–Crippen LogP) is 3.57. The molecular formula is C24H28ClN3O3S. The van der Waals surface area contributed by atoms with Gasteiger partial charge in [0.15, 0.2) is 0 Å². The molecule has 2 aliphatic rings. The summed E-state index contributed by atoms with van der Waals surface area (Å²) in [6.45, 7) is 5.68. The average molecular weight is 474 g/mol. The maximum atomic E-state index is 12.5. The lowest BCUT2D eigenvalue weighted by Crippen LogP contribution is -2.38. The molecule has 2 aromatic carbocycles. The highest BCUT2D eigenvalue weighted by Crippen LogP contribution is 2.39. The van der Waals surface area contributed by atoms with Crippen molar-refractivity contribution in [2.75, 3.05) is 45.1 Å². The topological polar surface area (TPSA) is 61.9 Å². The van der Waals surface area contributed by atoms with Crippen molar-refractivity contribution < 1.29 is 14.3 Å². The fourth-order valence-electron chi connectivity index (χ4n) is 3.92. The second-order valence-corrected chi connectivity index (χ2v) is 9.50. The van der Waals surface area contributed by atoms with Gasteiger partial charge >= 0.3 is 0 Å². The Morgan fingerprint density at radius 1 is 1.09 bits per heavy atom. The first-order valence-electron chi connectivity index (χ1n) is 10.9. The Bertz CT molecular complexity index is 917. The molecule has 0 spiro atoms. The summed E-state index contributed by atoms with van der Waals surface area (Å²) in [5, 5.41) is 3.63. The van der Waals surface area contributed by atoms with Crippen LogP contribution in [0.2, 0.25) is 5.02 Å². The predicted molar refractivity (Wildman–Crippen MR) is 128 cm³/mol. The Kier molecular flexibility index (Phi) is 8.08. The highest BCUT2D eigenvalue weighted by Gasteiger charge is 2.32. The van der Waals surface area contributed by atoms with Gasteiger partial charge in [-0.3, -0.25) is 14.5 Å². The standard InChI is InChI=1S/C24H28ClN3O3S/c25-21-8-2-18(3-9-21)16-28-22(29)17-32-24(28)20-6-4-19(5-7-20)23(30)26-10-1-11-27-12-14-31-15-13-27/h2-9,24H,1,10-17H2,(H,26,30)/t24-/m1/s1. The number of thioether (sulfide) groups is 1. The Morgan fingerprint density at radius 2 is 1.81 bits per heavy atom. The summed E-state index contributed by atoms with van der Waals surface area (Å²) in [5.41, 5.74) is 2.71. The molecule has 1 atom stereocenters. The first-order valence-corrected chi connectivity index (χ1v) is 12.4. The van der Waals surface area contributed by atoms with Gasteiger partial charge in [0, 0.05) is 36.8 Å². The van der Waals surface area contributed by atoms with Crippen molar-refractivity contribution in [3.63, 3.8) is 0 Å². The number of morpholine rings is 1. The molecule has 1 N–H and O–H groups in total. The molecule has 2 heterocycles. The zero-order valence-corrected chi connectivity index (χ0v) is 19.5. The summed E-state index contributed by atoms with van der Waals surface area (Å²) >= 11 is 7.59. The number of benzene rings is 2. The first-order chi connectivity index (χ1) is 15.6. The van der Waals surface area contributed by atoms with Crippen molar-refractivity contribution in [2.45, 2.75) is 18.3 Å². The van der Waals surface area contributed by atoms with Crippen LogP contribution >= 0.6 is 23.4 Å². The van der Waals surface area contributed by atoms with Gasteiger partial charge in [-0.15, -0.1) is 11.8 Å². The number of halogens is 1. The van der Waals surface area contributed by atoms with Gasteiger partial charge < -0.3 is 15.0 Å². The quantitative estimate of drug-likeness (QED) is 0.594. The number of nitrogens with zero attached hydrogens (tertiary/aromatic N) is 2. The van der Waals surface area contributed by atoms with E-state index in [0.717, 1.165) is 50.4 Å². The van der Waals surface area contributed by atoms with Gasteiger partial charge in [0.05, 0.1) is 19.0 Å². The summed E-state index contributed by atoms with van der Waals surface area (Å²) in [4.78, 5) is 29.2. The van der Waals surface area contributed by atoms with Gasteiger partial charge in [-0.25, -0.2) is 0 Å². The molecule has 2 aromatic rings. The van der Waals surface area contributed by atoms with E-state index in [-0.39, 0.29) is 17.2 Å². The van der Waals surface area contributed by atoms with Gasteiger partial charge in [0.1, 0.15) is 5.37 Å². The number of amides is 2. The molecule has 0 aliphatic carbocycles. The Balaban J connectivity index is 1.30. The average Bonchev–Trinajstić information content (AvgIpc) is 3.19. The number of ether oxygens (including phenoxy) is 1. The summed E-state index contributed by atoms with van der Waals surface area (Å²) in [5.74, 6) is 0.521. The van der Waals surface area contributed by atoms with E-state index in [2.05, 4.69) is 10.2 Å². The van der Waals surface area contributed by atoms with E-state index in [1.807, 2.05) is 53.4 Å². The molecule has 0 aromatic heterocycles. The number of rotatable bonds is 8. The fraction of sp³-hybridized carbons (Fsp3) is 0.417. The van der Waals surface area contributed by atoms with Gasteiger partial charge in [0.2, 0.25) is 5.91 Å². The highest BCUT2D eigenvalue weighted by atomic mass is 35.5. The van der Waals surface area contributed by atoms with Crippen LogP contribution in [0.15, 0.2) is 48.5 Å². The Hall–Kier alpha value is -2.06. The van der Waals surface area contributed by atoms with Crippen molar-refractivity contribution in [3.05, 3.63) is 70.2 Å². The van der Waals surface area contributed by atoms with Crippen molar-refractivity contribution in [1.29, 1.82) is 0 Å². The second kappa shape index (κ2) is 11.2. The van der Waals surface area contributed by atoms with Crippen molar-refractivity contribution in [1.82, 2.24) is 15.1 Å². The molecule has 0 unspecified atom stereocenters. The zero-order chi connectivity index (χ0) is 22.3. The molecule has 0 radical (unpaired) electrons. The molecule has 0 saturated carbocycles. The van der Waals surface area contributed by atoms with Crippen LogP contribution in [0.5, 0.6) is 0 Å². The second-order valence-electron chi connectivity index (χ2n) is 8.00. The molecule has 2 amide bonds. The van der Waals surface area contributed by atoms with Crippen LogP contribution < -0.4 is 5.32 Å². The number of carbonyl (C=O) groups excluding carboxylic acids is 2. The van der Waals surface area contributed by atoms with Crippen LogP contribution in [0.4, 0.5) is 0 Å². The fourth-order valence-corrected chi connectivity index (χ4v) is 5.23. The van der Waals surface area contributed by atoms with Crippen LogP contribution in [-0.4, -0.2) is 66.8 Å². The minimum atomic E-state index is -0.0632. The number of carbonyl (C=O) groups is 2. The molecule has 8 heteroatoms. The van der Waals surface area contributed by atoms with Crippen LogP contribution in [-0.2, 0) is 16.1 Å². The van der Waals surface area contributed by atoms with E-state index in [1.54, 1.807) is 11.8 Å². The highest BCUT2D eigenvalue weighted by molar-refractivity contribution is 8.00. The molecule has 2 fully saturated rings. The van der Waals surface area contributed by atoms with Gasteiger partial charge in [-0.2, -0.15) is 0 Å².